The van der Waals surface area contributed by atoms with Crippen LogP contribution in [0.15, 0.2) is 5.11 Å². The lowest BCUT2D eigenvalue weighted by Gasteiger charge is -2.29. The van der Waals surface area contributed by atoms with E-state index in [1.807, 2.05) is 20.8 Å². The molecule has 5 atom stereocenters. The van der Waals surface area contributed by atoms with Gasteiger partial charge in [-0.3, -0.25) is 24.0 Å². The first kappa shape index (κ1) is 31.0. The van der Waals surface area contributed by atoms with E-state index in [0.717, 1.165) is 6.42 Å². The van der Waals surface area contributed by atoms with Crippen LogP contribution >= 0.6 is 0 Å². The minimum atomic E-state index is -0.919. The molecule has 0 aromatic heterocycles. The summed E-state index contributed by atoms with van der Waals surface area (Å²) in [7, 11) is 0. The van der Waals surface area contributed by atoms with Crippen molar-refractivity contribution < 1.29 is 28.7 Å². The first-order valence-corrected chi connectivity index (χ1v) is 13.3. The van der Waals surface area contributed by atoms with Crippen molar-refractivity contribution in [3.8, 4) is 0 Å². The number of nitrogens with one attached hydrogen (secondary N) is 3. The van der Waals surface area contributed by atoms with Gasteiger partial charge in [0.2, 0.25) is 23.6 Å². The molecule has 4 amide bonds. The van der Waals surface area contributed by atoms with E-state index in [4.69, 9.17) is 10.3 Å². The van der Waals surface area contributed by atoms with E-state index in [0.29, 0.717) is 45.3 Å². The third kappa shape index (κ3) is 8.70. The molecule has 2 aliphatic heterocycles. The van der Waals surface area contributed by atoms with Gasteiger partial charge in [-0.15, -0.1) is 0 Å². The monoisotopic (exact) mass is 535 g/mol. The number of ketones is 1. The second kappa shape index (κ2) is 14.1. The lowest BCUT2D eigenvalue weighted by molar-refractivity contribution is -0.141. The van der Waals surface area contributed by atoms with Gasteiger partial charge in [0.1, 0.15) is 30.3 Å². The molecule has 0 aromatic carbocycles. The molecular weight excluding hydrogens is 494 g/mol. The zero-order valence-electron chi connectivity index (χ0n) is 23.0. The van der Waals surface area contributed by atoms with Gasteiger partial charge in [0.15, 0.2) is 5.78 Å². The van der Waals surface area contributed by atoms with Crippen LogP contribution in [0.5, 0.6) is 0 Å². The molecule has 3 N–H and O–H groups in total. The number of epoxide rings is 1. The molecule has 1 unspecified atom stereocenters. The molecule has 2 fully saturated rings. The topological polar surface area (TPSA) is 186 Å². The normalized spacial score (nSPS) is 22.6. The molecule has 2 rings (SSSR count). The lowest BCUT2D eigenvalue weighted by atomic mass is 9.93. The SMILES string of the molecule is CCCC[C@H](NC(=O)[C@@H]1CCCN1C(=O)[C@H](C)NC(=O)CN=[N+]=[N-])C(=O)N[C@@H](CC(C)C)C(=O)C1(C)CO1. The van der Waals surface area contributed by atoms with Crippen LogP contribution in [0, 0.1) is 5.92 Å². The minimum absolute atomic E-state index is 0.155. The van der Waals surface area contributed by atoms with E-state index < -0.39 is 59.9 Å². The average molecular weight is 536 g/mol. The molecule has 2 saturated heterocycles. The molecule has 0 radical (unpaired) electrons. The van der Waals surface area contributed by atoms with Crippen molar-refractivity contribution in [2.45, 2.75) is 103 Å². The highest BCUT2D eigenvalue weighted by atomic mass is 16.6. The van der Waals surface area contributed by atoms with Gasteiger partial charge >= 0.3 is 0 Å². The number of amides is 4. The van der Waals surface area contributed by atoms with Gasteiger partial charge in [0, 0.05) is 11.5 Å². The second-order valence-corrected chi connectivity index (χ2v) is 10.6. The van der Waals surface area contributed by atoms with E-state index in [1.54, 1.807) is 6.92 Å². The Balaban J connectivity index is 2.08. The number of hydrogen-bond acceptors (Lipinski definition) is 7. The predicted octanol–water partition coefficient (Wildman–Crippen LogP) is 1.36. The largest absolute Gasteiger partial charge is 0.361 e. The summed E-state index contributed by atoms with van der Waals surface area (Å²) < 4.78 is 5.30. The average Bonchev–Trinajstić information content (AvgIpc) is 3.42. The summed E-state index contributed by atoms with van der Waals surface area (Å²) >= 11 is 0. The van der Waals surface area contributed by atoms with E-state index in [9.17, 15) is 24.0 Å². The van der Waals surface area contributed by atoms with E-state index >= 15 is 0 Å². The molecule has 13 heteroatoms. The number of carbonyl (C=O) groups is 5. The Hall–Kier alpha value is -3.18. The van der Waals surface area contributed by atoms with Gasteiger partial charge in [-0.05, 0) is 51.0 Å². The smallest absolute Gasteiger partial charge is 0.245 e. The number of nitrogens with zero attached hydrogens (tertiary/aromatic N) is 4. The summed E-state index contributed by atoms with van der Waals surface area (Å²) in [5, 5.41) is 11.3. The Morgan fingerprint density at radius 1 is 1.13 bits per heavy atom. The maximum Gasteiger partial charge on any atom is 0.245 e. The number of unbranched alkanes of at least 4 members (excludes halogenated alkanes) is 1. The van der Waals surface area contributed by atoms with Crippen LogP contribution in [-0.2, 0) is 28.7 Å². The molecule has 212 valence electrons. The van der Waals surface area contributed by atoms with Crippen molar-refractivity contribution >= 4 is 29.4 Å². The summed E-state index contributed by atoms with van der Waals surface area (Å²) in [6.45, 7) is 9.33. The van der Waals surface area contributed by atoms with Gasteiger partial charge < -0.3 is 25.6 Å². The van der Waals surface area contributed by atoms with Crippen molar-refractivity contribution in [3.05, 3.63) is 10.4 Å². The standard InChI is InChI=1S/C25H41N7O6/c1-6-7-9-17(22(35)30-18(12-15(2)3)21(34)25(5)14-38-25)29-23(36)19-10-8-11-32(19)24(37)16(4)28-20(33)13-27-31-26/h15-19H,6-14H2,1-5H3,(H,28,33)(H,29,36)(H,30,35)/t16-,17-,18-,19-,25?/m0/s1. The van der Waals surface area contributed by atoms with Crippen LogP contribution in [0.2, 0.25) is 0 Å². The summed E-state index contributed by atoms with van der Waals surface area (Å²) in [4.78, 5) is 68.3. The van der Waals surface area contributed by atoms with Gasteiger partial charge in [0.05, 0.1) is 12.6 Å². The highest BCUT2D eigenvalue weighted by Crippen LogP contribution is 2.29. The molecule has 0 bridgehead atoms. The molecule has 0 saturated carbocycles. The van der Waals surface area contributed by atoms with Crippen molar-refractivity contribution in [1.82, 2.24) is 20.9 Å². The fraction of sp³-hybridized carbons (Fsp3) is 0.800. The number of ether oxygens (including phenoxy) is 1. The number of rotatable bonds is 15. The molecule has 0 spiro atoms. The van der Waals surface area contributed by atoms with Crippen molar-refractivity contribution in [1.29, 1.82) is 0 Å². The van der Waals surface area contributed by atoms with Crippen molar-refractivity contribution in [2.75, 3.05) is 19.7 Å². The minimum Gasteiger partial charge on any atom is -0.361 e. The summed E-state index contributed by atoms with van der Waals surface area (Å²) in [6.07, 6.45) is 3.34. The van der Waals surface area contributed by atoms with Gasteiger partial charge in [-0.1, -0.05) is 38.7 Å². The predicted molar refractivity (Wildman–Crippen MR) is 139 cm³/mol. The Bertz CT molecular complexity index is 944. The summed E-state index contributed by atoms with van der Waals surface area (Å²) in [5.74, 6) is -1.96. The number of Topliss-reactive ketones (excluding diaryl/α,β-unsaturated/α-hetero) is 1. The number of hydrogen-bond donors (Lipinski definition) is 3. The third-order valence-corrected chi connectivity index (χ3v) is 6.78. The molecule has 2 aliphatic rings. The zero-order chi connectivity index (χ0) is 28.5. The third-order valence-electron chi connectivity index (χ3n) is 6.78. The Kier molecular flexibility index (Phi) is 11.5. The molecule has 13 nitrogen and oxygen atoms in total. The van der Waals surface area contributed by atoms with Crippen molar-refractivity contribution in [3.63, 3.8) is 0 Å². The number of likely N-dealkylation sites (tertiary alicyclic amines) is 1. The number of carbonyl (C=O) groups excluding carboxylic acids is 5. The quantitative estimate of drug-likeness (QED) is 0.123. The fourth-order valence-electron chi connectivity index (χ4n) is 4.54. The molecule has 0 aromatic rings. The maximum atomic E-state index is 13.3. The van der Waals surface area contributed by atoms with Gasteiger partial charge in [-0.25, -0.2) is 0 Å². The molecule has 2 heterocycles. The van der Waals surface area contributed by atoms with E-state index in [1.165, 1.54) is 11.8 Å². The van der Waals surface area contributed by atoms with Crippen LogP contribution in [0.3, 0.4) is 0 Å². The van der Waals surface area contributed by atoms with Gasteiger partial charge in [-0.2, -0.15) is 0 Å². The van der Waals surface area contributed by atoms with E-state index in [-0.39, 0.29) is 11.7 Å². The molecule has 0 aliphatic carbocycles. The molecule has 38 heavy (non-hydrogen) atoms. The lowest BCUT2D eigenvalue weighted by Crippen LogP contribution is -2.57. The Morgan fingerprint density at radius 3 is 2.39 bits per heavy atom. The van der Waals surface area contributed by atoms with Gasteiger partial charge in [0.25, 0.3) is 0 Å². The summed E-state index contributed by atoms with van der Waals surface area (Å²) in [6, 6.07) is -3.30. The van der Waals surface area contributed by atoms with Crippen LogP contribution in [0.25, 0.3) is 10.4 Å². The Labute approximate surface area is 223 Å². The fourth-order valence-corrected chi connectivity index (χ4v) is 4.54. The first-order valence-electron chi connectivity index (χ1n) is 13.3. The highest BCUT2D eigenvalue weighted by molar-refractivity contribution is 5.98. The Morgan fingerprint density at radius 2 is 1.82 bits per heavy atom. The number of azide groups is 1. The highest BCUT2D eigenvalue weighted by Gasteiger charge is 2.50. The van der Waals surface area contributed by atoms with Crippen LogP contribution in [-0.4, -0.2) is 83.8 Å². The summed E-state index contributed by atoms with van der Waals surface area (Å²) in [5.41, 5.74) is 7.47. The van der Waals surface area contributed by atoms with Crippen LogP contribution in [0.4, 0.5) is 0 Å². The zero-order valence-corrected chi connectivity index (χ0v) is 23.0. The van der Waals surface area contributed by atoms with Crippen molar-refractivity contribution in [2.24, 2.45) is 11.0 Å². The second-order valence-electron chi connectivity index (χ2n) is 10.6. The van der Waals surface area contributed by atoms with Crippen LogP contribution in [0.1, 0.15) is 73.1 Å². The molecular formula is C25H41N7O6. The van der Waals surface area contributed by atoms with E-state index in [2.05, 4.69) is 26.0 Å². The van der Waals surface area contributed by atoms with Crippen LogP contribution < -0.4 is 16.0 Å². The maximum absolute atomic E-state index is 13.3. The first-order chi connectivity index (χ1) is 17.9.